The lowest BCUT2D eigenvalue weighted by Gasteiger charge is -2.05. The number of nitrogens with one attached hydrogen (secondary N) is 1. The second-order valence-corrected chi connectivity index (χ2v) is 5.74. The summed E-state index contributed by atoms with van der Waals surface area (Å²) in [7, 11) is 0. The van der Waals surface area contributed by atoms with Crippen molar-refractivity contribution in [2.24, 2.45) is 0 Å². The van der Waals surface area contributed by atoms with Crippen molar-refractivity contribution in [3.63, 3.8) is 0 Å². The van der Waals surface area contributed by atoms with Crippen LogP contribution in [0, 0.1) is 0 Å². The Labute approximate surface area is 157 Å². The van der Waals surface area contributed by atoms with Crippen molar-refractivity contribution < 1.29 is 13.8 Å². The Morgan fingerprint density at radius 3 is 2.81 bits per heavy atom. The second kappa shape index (κ2) is 8.71. The molecule has 136 valence electrons. The van der Waals surface area contributed by atoms with Crippen LogP contribution in [0.4, 0.5) is 4.39 Å². The third-order valence-corrected chi connectivity index (χ3v) is 3.61. The Balaban J connectivity index is 1.92. The van der Waals surface area contributed by atoms with Crippen LogP contribution in [0.1, 0.15) is 6.92 Å². The van der Waals surface area contributed by atoms with Crippen LogP contribution in [0.2, 0.25) is 0 Å². The zero-order chi connectivity index (χ0) is 19.1. The Morgan fingerprint density at radius 2 is 2.15 bits per heavy atom. The molecule has 1 atom stereocenters. The number of rotatable bonds is 7. The summed E-state index contributed by atoms with van der Waals surface area (Å²) in [6.45, 7) is 5.24. The molecule has 3 heterocycles. The van der Waals surface area contributed by atoms with E-state index in [0.29, 0.717) is 17.2 Å². The van der Waals surface area contributed by atoms with E-state index in [1.807, 2.05) is 24.3 Å². The van der Waals surface area contributed by atoms with Crippen LogP contribution in [0.3, 0.4) is 0 Å². The molecule has 0 spiro atoms. The van der Waals surface area contributed by atoms with Gasteiger partial charge in [0.25, 0.3) is 0 Å². The first kappa shape index (κ1) is 18.3. The van der Waals surface area contributed by atoms with Crippen LogP contribution < -0.4 is 9.42 Å². The maximum atomic E-state index is 13.7. The summed E-state index contributed by atoms with van der Waals surface area (Å²) < 4.78 is 21.2. The van der Waals surface area contributed by atoms with Crippen LogP contribution in [-0.4, -0.2) is 21.2 Å². The summed E-state index contributed by atoms with van der Waals surface area (Å²) in [6.07, 6.45) is 10.4. The van der Waals surface area contributed by atoms with E-state index >= 15 is 0 Å². The molecule has 27 heavy (non-hydrogen) atoms. The third kappa shape index (κ3) is 4.98. The Morgan fingerprint density at radius 1 is 1.26 bits per heavy atom. The average Bonchev–Trinajstić information content (AvgIpc) is 3.18. The van der Waals surface area contributed by atoms with Crippen molar-refractivity contribution >= 4 is 5.70 Å². The summed E-state index contributed by atoms with van der Waals surface area (Å²) in [5.74, 6) is 1.04. The van der Waals surface area contributed by atoms with Gasteiger partial charge in [0.2, 0.25) is 11.9 Å². The molecule has 1 N–H and O–H groups in total. The van der Waals surface area contributed by atoms with Gasteiger partial charge >= 0.3 is 0 Å². The van der Waals surface area contributed by atoms with Gasteiger partial charge < -0.3 is 4.74 Å². The highest BCUT2D eigenvalue weighted by Crippen LogP contribution is 2.16. The molecule has 0 radical (unpaired) electrons. The van der Waals surface area contributed by atoms with E-state index in [1.165, 1.54) is 13.0 Å². The molecule has 0 aliphatic carbocycles. The maximum Gasteiger partial charge on any atom is 0.238 e. The highest BCUT2D eigenvalue weighted by atomic mass is 19.1. The number of ether oxygens (including phenoxy) is 1. The first-order valence-electron chi connectivity index (χ1n) is 8.46. The molecular weight excluding hydrogens is 343 g/mol. The number of pyridine rings is 2. The lowest BCUT2D eigenvalue weighted by molar-refractivity contribution is -0.638. The Hall–Kier alpha value is -3.54. The molecule has 0 saturated heterocycles. The van der Waals surface area contributed by atoms with Crippen LogP contribution in [0.5, 0.6) is 5.75 Å². The van der Waals surface area contributed by atoms with E-state index in [4.69, 9.17) is 4.74 Å². The molecule has 0 amide bonds. The van der Waals surface area contributed by atoms with Gasteiger partial charge in [0, 0.05) is 24.5 Å². The standard InChI is InChI=1S/C21H19FN4O/c1-3-18(27-19-7-6-10-23-15-19)14-17(13-16(2)22)26-12-9-21(25-26)20-8-4-5-11-24-20/h3-16H,1H2,2H3/p+1/b17-13+,18-14+. The molecule has 6 heteroatoms. The number of nitrogens with zero attached hydrogens (tertiary/aromatic N) is 3. The van der Waals surface area contributed by atoms with E-state index in [-0.39, 0.29) is 0 Å². The minimum absolute atomic E-state index is 0.469. The average molecular weight is 363 g/mol. The normalized spacial score (nSPS) is 13.3. The van der Waals surface area contributed by atoms with Crippen LogP contribution in [-0.2, 0) is 0 Å². The van der Waals surface area contributed by atoms with Gasteiger partial charge in [0.05, 0.1) is 18.0 Å². The number of aromatic amines is 1. The summed E-state index contributed by atoms with van der Waals surface area (Å²) in [4.78, 5) is 8.33. The van der Waals surface area contributed by atoms with Crippen molar-refractivity contribution in [2.75, 3.05) is 0 Å². The molecule has 0 aliphatic heterocycles. The Bertz CT molecular complexity index is 947. The second-order valence-electron chi connectivity index (χ2n) is 5.74. The number of hydrogen-bond acceptors (Lipinski definition) is 3. The molecule has 0 aliphatic rings. The topological polar surface area (TPSA) is 54.7 Å². The van der Waals surface area contributed by atoms with Gasteiger partial charge in [0.1, 0.15) is 23.4 Å². The number of H-pyrrole nitrogens is 1. The molecule has 5 nitrogen and oxygen atoms in total. The smallest absolute Gasteiger partial charge is 0.238 e. The van der Waals surface area contributed by atoms with Crippen molar-refractivity contribution in [3.05, 3.63) is 91.8 Å². The largest absolute Gasteiger partial charge is 0.456 e. The van der Waals surface area contributed by atoms with Crippen molar-refractivity contribution in [2.45, 2.75) is 13.1 Å². The Kier molecular flexibility index (Phi) is 5.89. The van der Waals surface area contributed by atoms with E-state index in [1.54, 1.807) is 53.8 Å². The number of aromatic nitrogens is 4. The first-order valence-corrected chi connectivity index (χ1v) is 8.46. The van der Waals surface area contributed by atoms with Crippen LogP contribution in [0.25, 0.3) is 17.1 Å². The van der Waals surface area contributed by atoms with Crippen molar-refractivity contribution in [3.8, 4) is 17.1 Å². The SMILES string of the molecule is C=C/C(=C\C(=C/C(C)F)[n+]1ccc(-c2ccccn2)[nH]1)Oc1cccnc1. The minimum Gasteiger partial charge on any atom is -0.456 e. The van der Waals surface area contributed by atoms with Gasteiger partial charge in [-0.3, -0.25) is 9.97 Å². The van der Waals surface area contributed by atoms with E-state index in [9.17, 15) is 4.39 Å². The zero-order valence-corrected chi connectivity index (χ0v) is 14.9. The molecule has 0 saturated carbocycles. The molecule has 3 rings (SSSR count). The number of alkyl halides is 1. The van der Waals surface area contributed by atoms with Gasteiger partial charge in [-0.1, -0.05) is 17.3 Å². The predicted molar refractivity (Wildman–Crippen MR) is 102 cm³/mol. The molecular formula is C21H20FN4O+. The number of hydrogen-bond donors (Lipinski definition) is 1. The fraction of sp³-hybridized carbons (Fsp3) is 0.0952. The highest BCUT2D eigenvalue weighted by molar-refractivity contribution is 5.54. The van der Waals surface area contributed by atoms with E-state index in [0.717, 1.165) is 11.4 Å². The highest BCUT2D eigenvalue weighted by Gasteiger charge is 2.15. The zero-order valence-electron chi connectivity index (χ0n) is 14.9. The monoisotopic (exact) mass is 363 g/mol. The summed E-state index contributed by atoms with van der Waals surface area (Å²) in [6, 6.07) is 11.1. The van der Waals surface area contributed by atoms with Gasteiger partial charge in [0.15, 0.2) is 0 Å². The summed E-state index contributed by atoms with van der Waals surface area (Å²) >= 11 is 0. The lowest BCUT2D eigenvalue weighted by atomic mass is 10.2. The van der Waals surface area contributed by atoms with Gasteiger partial charge in [-0.2, -0.15) is 5.10 Å². The van der Waals surface area contributed by atoms with Crippen molar-refractivity contribution in [1.29, 1.82) is 0 Å². The number of halogens is 1. The predicted octanol–water partition coefficient (Wildman–Crippen LogP) is 4.11. The summed E-state index contributed by atoms with van der Waals surface area (Å²) in [5.41, 5.74) is 2.18. The minimum atomic E-state index is -1.14. The maximum absolute atomic E-state index is 13.7. The lowest BCUT2D eigenvalue weighted by Crippen LogP contribution is -2.33. The van der Waals surface area contributed by atoms with E-state index in [2.05, 4.69) is 21.6 Å². The van der Waals surface area contributed by atoms with Gasteiger partial charge in [-0.25, -0.2) is 4.39 Å². The molecule has 3 aromatic rings. The first-order chi connectivity index (χ1) is 13.2. The quantitative estimate of drug-likeness (QED) is 0.390. The number of allylic oxidation sites excluding steroid dienone is 4. The van der Waals surface area contributed by atoms with Crippen LogP contribution in [0.15, 0.2) is 91.8 Å². The molecule has 0 aromatic carbocycles. The van der Waals surface area contributed by atoms with Crippen molar-refractivity contribution in [1.82, 2.24) is 15.1 Å². The molecule has 0 fully saturated rings. The molecule has 0 bridgehead atoms. The fourth-order valence-electron chi connectivity index (χ4n) is 2.42. The molecule has 1 unspecified atom stereocenters. The fourth-order valence-corrected chi connectivity index (χ4v) is 2.42. The third-order valence-electron chi connectivity index (χ3n) is 3.61. The summed E-state index contributed by atoms with van der Waals surface area (Å²) in [5, 5.41) is 3.20. The van der Waals surface area contributed by atoms with Gasteiger partial charge in [-0.05, 0) is 37.3 Å². The van der Waals surface area contributed by atoms with E-state index < -0.39 is 6.17 Å². The molecule has 3 aromatic heterocycles. The van der Waals surface area contributed by atoms with Gasteiger partial charge in [-0.15, -0.1) is 0 Å². The van der Waals surface area contributed by atoms with Crippen LogP contribution >= 0.6 is 0 Å².